The summed E-state index contributed by atoms with van der Waals surface area (Å²) in [6.45, 7) is 6.03. The van der Waals surface area contributed by atoms with Crippen LogP contribution in [-0.4, -0.2) is 28.1 Å². The van der Waals surface area contributed by atoms with E-state index in [0.29, 0.717) is 5.56 Å². The number of allylic oxidation sites excluding steroid dienone is 1. The molecule has 2 N–H and O–H groups in total. The number of benzene rings is 1. The molecule has 1 aromatic rings. The molecule has 0 radical (unpaired) electrons. The largest absolute Gasteiger partial charge is 0.507 e. The van der Waals surface area contributed by atoms with Crippen molar-refractivity contribution in [2.24, 2.45) is 0 Å². The Labute approximate surface area is 183 Å². The van der Waals surface area contributed by atoms with Crippen molar-refractivity contribution in [2.75, 3.05) is 11.9 Å². The molecule has 0 aliphatic heterocycles. The molecule has 0 amide bonds. The van der Waals surface area contributed by atoms with Gasteiger partial charge in [0.05, 0.1) is 0 Å². The molecule has 29 heavy (non-hydrogen) atoms. The van der Waals surface area contributed by atoms with Crippen LogP contribution in [0.4, 0.5) is 0 Å². The molecule has 5 heteroatoms. The number of esters is 1. The summed E-state index contributed by atoms with van der Waals surface area (Å²) in [4.78, 5) is 11.1. The number of phenols is 2. The summed E-state index contributed by atoms with van der Waals surface area (Å²) in [6, 6.07) is 3.64. The number of carbonyl (C=O) groups is 1. The van der Waals surface area contributed by atoms with Gasteiger partial charge in [0.15, 0.2) is 0 Å². The molecule has 162 valence electrons. The maximum atomic E-state index is 11.1. The first kappa shape index (κ1) is 23.8. The van der Waals surface area contributed by atoms with Crippen LogP contribution >= 0.6 is 15.9 Å². The highest BCUT2D eigenvalue weighted by molar-refractivity contribution is 9.09. The molecule has 0 bridgehead atoms. The molecule has 1 aliphatic rings. The van der Waals surface area contributed by atoms with Crippen molar-refractivity contribution in [1.29, 1.82) is 0 Å². The van der Waals surface area contributed by atoms with E-state index in [4.69, 9.17) is 4.74 Å². The lowest BCUT2D eigenvalue weighted by molar-refractivity contribution is -0.140. The van der Waals surface area contributed by atoms with Crippen LogP contribution in [0.2, 0.25) is 0 Å². The molecule has 0 saturated heterocycles. The van der Waals surface area contributed by atoms with Crippen LogP contribution in [0, 0.1) is 0 Å². The topological polar surface area (TPSA) is 66.8 Å². The summed E-state index contributed by atoms with van der Waals surface area (Å²) >= 11 is 3.47. The second-order valence-electron chi connectivity index (χ2n) is 8.77. The van der Waals surface area contributed by atoms with Crippen molar-refractivity contribution in [1.82, 2.24) is 0 Å². The van der Waals surface area contributed by atoms with Gasteiger partial charge in [0.2, 0.25) is 0 Å². The standard InChI is InChI=1S/C24H35BrO4/c1-17(26)29-16-18-9-8-10-19(13-18)23-21(27)14-20(15-22(23)28)24(2,3)11-6-4-5-7-12-25/h13-15,19,27-28H,4-12,16H2,1-3H3. The van der Waals surface area contributed by atoms with E-state index < -0.39 is 0 Å². The summed E-state index contributed by atoms with van der Waals surface area (Å²) in [5, 5.41) is 22.6. The number of aromatic hydroxyl groups is 2. The monoisotopic (exact) mass is 466 g/mol. The Bertz CT molecular complexity index is 701. The van der Waals surface area contributed by atoms with E-state index in [9.17, 15) is 15.0 Å². The second-order valence-corrected chi connectivity index (χ2v) is 9.56. The van der Waals surface area contributed by atoms with Gasteiger partial charge in [-0.3, -0.25) is 4.79 Å². The van der Waals surface area contributed by atoms with Crippen LogP contribution in [0.25, 0.3) is 0 Å². The van der Waals surface area contributed by atoms with Crippen molar-refractivity contribution in [3.05, 3.63) is 34.9 Å². The fourth-order valence-corrected chi connectivity index (χ4v) is 4.49. The van der Waals surface area contributed by atoms with Gasteiger partial charge in [-0.2, -0.15) is 0 Å². The number of hydrogen-bond acceptors (Lipinski definition) is 4. The predicted molar refractivity (Wildman–Crippen MR) is 121 cm³/mol. The van der Waals surface area contributed by atoms with Gasteiger partial charge in [-0.05, 0) is 60.8 Å². The normalized spacial score (nSPS) is 17.1. The molecule has 0 fully saturated rings. The average Bonchev–Trinajstić information content (AvgIpc) is 2.66. The van der Waals surface area contributed by atoms with Gasteiger partial charge in [0, 0.05) is 23.7 Å². The molecule has 1 aliphatic carbocycles. The van der Waals surface area contributed by atoms with Crippen LogP contribution in [0.1, 0.15) is 89.2 Å². The van der Waals surface area contributed by atoms with Gasteiger partial charge in [0.25, 0.3) is 0 Å². The molecule has 1 atom stereocenters. The number of rotatable bonds is 10. The highest BCUT2D eigenvalue weighted by Gasteiger charge is 2.27. The molecular formula is C24H35BrO4. The summed E-state index contributed by atoms with van der Waals surface area (Å²) in [7, 11) is 0. The smallest absolute Gasteiger partial charge is 0.302 e. The quantitative estimate of drug-likeness (QED) is 0.179. The van der Waals surface area contributed by atoms with E-state index in [1.807, 2.05) is 18.2 Å². The first-order valence-corrected chi connectivity index (χ1v) is 11.8. The van der Waals surface area contributed by atoms with Crippen LogP contribution < -0.4 is 0 Å². The van der Waals surface area contributed by atoms with Crippen molar-refractivity contribution in [3.8, 4) is 11.5 Å². The number of ether oxygens (including phenoxy) is 1. The van der Waals surface area contributed by atoms with Crippen molar-refractivity contribution in [2.45, 2.75) is 83.5 Å². The van der Waals surface area contributed by atoms with E-state index in [0.717, 1.165) is 48.6 Å². The summed E-state index contributed by atoms with van der Waals surface area (Å²) < 4.78 is 5.12. The SMILES string of the molecule is CC(=O)OCC1=CC(c2c(O)cc(C(C)(C)CCCCCCBr)cc2O)CCC1. The van der Waals surface area contributed by atoms with Gasteiger partial charge in [-0.1, -0.05) is 55.1 Å². The zero-order valence-corrected chi connectivity index (χ0v) is 19.6. The zero-order valence-electron chi connectivity index (χ0n) is 18.0. The minimum Gasteiger partial charge on any atom is -0.507 e. The third-order valence-corrected chi connectivity index (χ3v) is 6.45. The molecule has 0 heterocycles. The molecule has 0 saturated carbocycles. The van der Waals surface area contributed by atoms with Crippen LogP contribution in [0.15, 0.2) is 23.8 Å². The molecule has 1 unspecified atom stereocenters. The Morgan fingerprint density at radius 1 is 1.17 bits per heavy atom. The number of carbonyl (C=O) groups excluding carboxylic acids is 1. The Hall–Kier alpha value is -1.49. The van der Waals surface area contributed by atoms with E-state index >= 15 is 0 Å². The van der Waals surface area contributed by atoms with Crippen LogP contribution in [0.5, 0.6) is 11.5 Å². The van der Waals surface area contributed by atoms with Gasteiger partial charge < -0.3 is 14.9 Å². The third-order valence-electron chi connectivity index (χ3n) is 5.88. The Kier molecular flexibility index (Phi) is 9.06. The van der Waals surface area contributed by atoms with Crippen LogP contribution in [-0.2, 0) is 14.9 Å². The third kappa shape index (κ3) is 7.06. The minimum atomic E-state index is -0.294. The molecule has 0 spiro atoms. The Morgan fingerprint density at radius 3 is 2.45 bits per heavy atom. The van der Waals surface area contributed by atoms with Gasteiger partial charge in [0.1, 0.15) is 18.1 Å². The lowest BCUT2D eigenvalue weighted by Gasteiger charge is -2.28. The van der Waals surface area contributed by atoms with E-state index in [-0.39, 0.29) is 35.4 Å². The zero-order chi connectivity index (χ0) is 21.4. The van der Waals surface area contributed by atoms with E-state index in [2.05, 4.69) is 29.8 Å². The van der Waals surface area contributed by atoms with Crippen LogP contribution in [0.3, 0.4) is 0 Å². The minimum absolute atomic E-state index is 0.0595. The average molecular weight is 467 g/mol. The molecular weight excluding hydrogens is 432 g/mol. The first-order valence-electron chi connectivity index (χ1n) is 10.7. The fraction of sp³-hybridized carbons (Fsp3) is 0.625. The summed E-state index contributed by atoms with van der Waals surface area (Å²) in [5.74, 6) is -0.0436. The molecule has 1 aromatic carbocycles. The molecule has 4 nitrogen and oxygen atoms in total. The maximum absolute atomic E-state index is 11.1. The van der Waals surface area contributed by atoms with Crippen molar-refractivity contribution < 1.29 is 19.7 Å². The predicted octanol–water partition coefficient (Wildman–Crippen LogP) is 6.48. The van der Waals surface area contributed by atoms with Crippen molar-refractivity contribution in [3.63, 3.8) is 0 Å². The highest BCUT2D eigenvalue weighted by atomic mass is 79.9. The number of alkyl halides is 1. The van der Waals surface area contributed by atoms with Gasteiger partial charge in [-0.25, -0.2) is 0 Å². The number of hydrogen-bond donors (Lipinski definition) is 2. The first-order chi connectivity index (χ1) is 13.7. The number of halogens is 1. The molecule has 2 rings (SSSR count). The summed E-state index contributed by atoms with van der Waals surface area (Å²) in [6.07, 6.45) is 10.5. The highest BCUT2D eigenvalue weighted by Crippen LogP contribution is 2.44. The molecule has 0 aromatic heterocycles. The van der Waals surface area contributed by atoms with Crippen molar-refractivity contribution >= 4 is 21.9 Å². The summed E-state index contributed by atoms with van der Waals surface area (Å²) in [5.41, 5.74) is 2.49. The van der Waals surface area contributed by atoms with E-state index in [1.54, 1.807) is 0 Å². The van der Waals surface area contributed by atoms with Gasteiger partial charge in [-0.15, -0.1) is 0 Å². The Balaban J connectivity index is 2.14. The van der Waals surface area contributed by atoms with E-state index in [1.165, 1.54) is 26.2 Å². The fourth-order valence-electron chi connectivity index (χ4n) is 4.10. The second kappa shape index (κ2) is 11.1. The lowest BCUT2D eigenvalue weighted by atomic mass is 9.78. The number of phenolic OH excluding ortho intramolecular Hbond substituents is 2. The lowest BCUT2D eigenvalue weighted by Crippen LogP contribution is -2.17. The maximum Gasteiger partial charge on any atom is 0.302 e. The number of unbranched alkanes of at least 4 members (excludes halogenated alkanes) is 3. The Morgan fingerprint density at radius 2 is 1.83 bits per heavy atom. The van der Waals surface area contributed by atoms with Gasteiger partial charge >= 0.3 is 5.97 Å².